The zero-order chi connectivity index (χ0) is 20.3. The minimum absolute atomic E-state index is 0.169. The molecule has 1 aliphatic heterocycles. The Bertz CT molecular complexity index is 967. The van der Waals surface area contributed by atoms with Gasteiger partial charge in [0, 0.05) is 25.7 Å². The first-order chi connectivity index (χ1) is 13.4. The molecule has 1 aliphatic rings. The molecule has 1 saturated heterocycles. The van der Waals surface area contributed by atoms with E-state index in [1.807, 2.05) is 11.8 Å². The van der Waals surface area contributed by atoms with Crippen LogP contribution in [0.25, 0.3) is 0 Å². The topological polar surface area (TPSA) is 128 Å². The van der Waals surface area contributed by atoms with Gasteiger partial charge in [-0.1, -0.05) is 12.1 Å². The number of piperidine rings is 1. The van der Waals surface area contributed by atoms with Gasteiger partial charge in [0.25, 0.3) is 5.56 Å². The molecule has 0 bridgehead atoms. The summed E-state index contributed by atoms with van der Waals surface area (Å²) in [7, 11) is 0. The van der Waals surface area contributed by atoms with Crippen LogP contribution in [0.3, 0.4) is 0 Å². The van der Waals surface area contributed by atoms with E-state index < -0.39 is 23.7 Å². The van der Waals surface area contributed by atoms with E-state index in [0.717, 1.165) is 23.8 Å². The Labute approximate surface area is 161 Å². The molecule has 0 aliphatic carbocycles. The molecule has 0 unspecified atom stereocenters. The number of anilines is 3. The van der Waals surface area contributed by atoms with Crippen molar-refractivity contribution in [1.82, 2.24) is 14.3 Å². The van der Waals surface area contributed by atoms with Crippen LogP contribution in [0, 0.1) is 6.92 Å². The summed E-state index contributed by atoms with van der Waals surface area (Å²) in [4.78, 5) is 40.2. The number of aryl methyl sites for hydroxylation is 1. The Balaban J connectivity index is 1.98. The van der Waals surface area contributed by atoms with Crippen LogP contribution in [0.15, 0.2) is 20.2 Å². The second kappa shape index (κ2) is 8.32. The van der Waals surface area contributed by atoms with E-state index in [1.165, 1.54) is 4.57 Å². The van der Waals surface area contributed by atoms with Gasteiger partial charge < -0.3 is 20.5 Å². The molecule has 28 heavy (non-hydrogen) atoms. The SMILES string of the molecule is CCCn1c(N)c(N2CCCCC2)c(=O)n(CC(=O)Nc2cc(C)on2)c1=O. The van der Waals surface area contributed by atoms with Gasteiger partial charge >= 0.3 is 5.69 Å². The van der Waals surface area contributed by atoms with Gasteiger partial charge in [0.15, 0.2) is 5.82 Å². The van der Waals surface area contributed by atoms with Gasteiger partial charge in [0.1, 0.15) is 23.8 Å². The third-order valence-corrected chi connectivity index (χ3v) is 4.76. The van der Waals surface area contributed by atoms with Crippen LogP contribution in [0.1, 0.15) is 38.4 Å². The first-order valence-electron chi connectivity index (χ1n) is 9.53. The van der Waals surface area contributed by atoms with Crippen molar-refractivity contribution in [2.45, 2.75) is 52.6 Å². The van der Waals surface area contributed by atoms with Crippen molar-refractivity contribution in [3.63, 3.8) is 0 Å². The van der Waals surface area contributed by atoms with Crippen molar-refractivity contribution in [3.8, 4) is 0 Å². The normalized spacial score (nSPS) is 14.3. The minimum atomic E-state index is -0.586. The van der Waals surface area contributed by atoms with Crippen LogP contribution in [0.5, 0.6) is 0 Å². The van der Waals surface area contributed by atoms with Gasteiger partial charge in [-0.05, 0) is 32.6 Å². The molecule has 1 amide bonds. The van der Waals surface area contributed by atoms with E-state index >= 15 is 0 Å². The van der Waals surface area contributed by atoms with Crippen molar-refractivity contribution in [3.05, 3.63) is 32.7 Å². The quantitative estimate of drug-likeness (QED) is 0.751. The highest BCUT2D eigenvalue weighted by Crippen LogP contribution is 2.21. The summed E-state index contributed by atoms with van der Waals surface area (Å²) in [5.41, 5.74) is 5.39. The Morgan fingerprint density at radius 1 is 1.25 bits per heavy atom. The number of aromatic nitrogens is 3. The molecule has 3 rings (SSSR count). The largest absolute Gasteiger partial charge is 0.383 e. The fourth-order valence-electron chi connectivity index (χ4n) is 3.45. The summed E-state index contributed by atoms with van der Waals surface area (Å²) in [6.07, 6.45) is 3.68. The van der Waals surface area contributed by atoms with Crippen LogP contribution in [0.2, 0.25) is 0 Å². The summed E-state index contributed by atoms with van der Waals surface area (Å²) >= 11 is 0. The molecular weight excluding hydrogens is 364 g/mol. The van der Waals surface area contributed by atoms with Crippen molar-refractivity contribution < 1.29 is 9.32 Å². The molecule has 152 valence electrons. The third-order valence-electron chi connectivity index (χ3n) is 4.76. The highest BCUT2D eigenvalue weighted by Gasteiger charge is 2.24. The number of nitrogens with one attached hydrogen (secondary N) is 1. The maximum atomic E-state index is 13.1. The van der Waals surface area contributed by atoms with Crippen LogP contribution in [-0.2, 0) is 17.9 Å². The van der Waals surface area contributed by atoms with Gasteiger partial charge in [-0.3, -0.25) is 14.2 Å². The van der Waals surface area contributed by atoms with Gasteiger partial charge in [0.2, 0.25) is 5.91 Å². The molecule has 1 fully saturated rings. The van der Waals surface area contributed by atoms with E-state index in [4.69, 9.17) is 10.3 Å². The molecule has 0 atom stereocenters. The molecule has 0 radical (unpaired) electrons. The molecule has 0 spiro atoms. The summed E-state index contributed by atoms with van der Waals surface area (Å²) in [5.74, 6) is 0.404. The summed E-state index contributed by atoms with van der Waals surface area (Å²) in [6, 6.07) is 1.55. The van der Waals surface area contributed by atoms with E-state index in [1.54, 1.807) is 13.0 Å². The van der Waals surface area contributed by atoms with E-state index in [2.05, 4.69) is 10.5 Å². The molecule has 2 aromatic heterocycles. The standard InChI is InChI=1S/C18H26N6O4/c1-3-7-23-16(19)15(22-8-5-4-6-9-22)17(26)24(18(23)27)11-14(25)20-13-10-12(2)28-21-13/h10H,3-9,11,19H2,1-2H3,(H,20,21,25). The minimum Gasteiger partial charge on any atom is -0.383 e. The first kappa shape index (κ1) is 19.7. The average molecular weight is 390 g/mol. The summed E-state index contributed by atoms with van der Waals surface area (Å²) < 4.78 is 7.22. The molecule has 0 aromatic carbocycles. The molecule has 3 N–H and O–H groups in total. The van der Waals surface area contributed by atoms with Crippen LogP contribution >= 0.6 is 0 Å². The Kier molecular flexibility index (Phi) is 5.86. The monoisotopic (exact) mass is 390 g/mol. The number of carbonyl (C=O) groups excluding carboxylic acids is 1. The number of nitrogen functional groups attached to an aromatic ring is 1. The molecule has 3 heterocycles. The Morgan fingerprint density at radius 3 is 2.57 bits per heavy atom. The predicted molar refractivity (Wildman–Crippen MR) is 106 cm³/mol. The maximum Gasteiger partial charge on any atom is 0.333 e. The number of nitrogens with zero attached hydrogens (tertiary/aromatic N) is 4. The zero-order valence-corrected chi connectivity index (χ0v) is 16.2. The number of rotatable bonds is 6. The average Bonchev–Trinajstić information content (AvgIpc) is 3.08. The van der Waals surface area contributed by atoms with Gasteiger partial charge in [0.05, 0.1) is 0 Å². The van der Waals surface area contributed by atoms with E-state index in [-0.39, 0.29) is 11.6 Å². The molecule has 10 nitrogen and oxygen atoms in total. The van der Waals surface area contributed by atoms with Crippen molar-refractivity contribution in [2.24, 2.45) is 0 Å². The fourth-order valence-corrected chi connectivity index (χ4v) is 3.45. The lowest BCUT2D eigenvalue weighted by atomic mass is 10.1. The smallest absolute Gasteiger partial charge is 0.333 e. The van der Waals surface area contributed by atoms with Crippen LogP contribution in [0.4, 0.5) is 17.3 Å². The predicted octanol–water partition coefficient (Wildman–Crippen LogP) is 0.928. The summed E-state index contributed by atoms with van der Waals surface area (Å²) in [6.45, 7) is 4.97. The number of hydrogen-bond acceptors (Lipinski definition) is 7. The molecule has 10 heteroatoms. The van der Waals surface area contributed by atoms with Gasteiger partial charge in [-0.25, -0.2) is 9.36 Å². The lowest BCUT2D eigenvalue weighted by Gasteiger charge is -2.30. The van der Waals surface area contributed by atoms with Crippen LogP contribution in [-0.4, -0.2) is 33.3 Å². The Hall–Kier alpha value is -3.04. The fraction of sp³-hybridized carbons (Fsp3) is 0.556. The third kappa shape index (κ3) is 3.95. The zero-order valence-electron chi connectivity index (χ0n) is 16.2. The summed E-state index contributed by atoms with van der Waals surface area (Å²) in [5, 5.41) is 6.22. The first-order valence-corrected chi connectivity index (χ1v) is 9.53. The van der Waals surface area contributed by atoms with Gasteiger partial charge in [-0.2, -0.15) is 0 Å². The number of carbonyl (C=O) groups is 1. The maximum absolute atomic E-state index is 13.1. The number of nitrogens with two attached hydrogens (primary N) is 1. The van der Waals surface area contributed by atoms with Crippen molar-refractivity contribution >= 4 is 23.2 Å². The lowest BCUT2D eigenvalue weighted by Crippen LogP contribution is -2.47. The van der Waals surface area contributed by atoms with Crippen LogP contribution < -0.4 is 27.2 Å². The highest BCUT2D eigenvalue weighted by atomic mass is 16.5. The van der Waals surface area contributed by atoms with Crippen molar-refractivity contribution in [1.29, 1.82) is 0 Å². The molecule has 2 aromatic rings. The van der Waals surface area contributed by atoms with Gasteiger partial charge in [-0.15, -0.1) is 0 Å². The Morgan fingerprint density at radius 2 is 1.96 bits per heavy atom. The molecular formula is C18H26N6O4. The second-order valence-corrected chi connectivity index (χ2v) is 6.98. The second-order valence-electron chi connectivity index (χ2n) is 6.98. The molecule has 0 saturated carbocycles. The van der Waals surface area contributed by atoms with E-state index in [0.29, 0.717) is 37.5 Å². The number of hydrogen-bond donors (Lipinski definition) is 2. The lowest BCUT2D eigenvalue weighted by molar-refractivity contribution is -0.116. The number of amides is 1. The van der Waals surface area contributed by atoms with E-state index in [9.17, 15) is 14.4 Å². The highest BCUT2D eigenvalue weighted by molar-refractivity contribution is 5.89. The van der Waals surface area contributed by atoms with Crippen molar-refractivity contribution in [2.75, 3.05) is 29.0 Å².